The molecule has 2 rings (SSSR count). The minimum absolute atomic E-state index is 0.0383. The Morgan fingerprint density at radius 2 is 1.89 bits per heavy atom. The predicted molar refractivity (Wildman–Crippen MR) is 78.4 cm³/mol. The smallest absolute Gasteiger partial charge is 0.126 e. The van der Waals surface area contributed by atoms with Crippen LogP contribution in [0.15, 0.2) is 18.3 Å². The lowest BCUT2D eigenvalue weighted by molar-refractivity contribution is 0.397. The van der Waals surface area contributed by atoms with E-state index in [0.29, 0.717) is 5.82 Å². The molecule has 0 aliphatic carbocycles. The summed E-state index contributed by atoms with van der Waals surface area (Å²) in [6.45, 7) is 8.61. The molecule has 1 aromatic carbocycles. The third kappa shape index (κ3) is 2.43. The van der Waals surface area contributed by atoms with Gasteiger partial charge in [0.25, 0.3) is 0 Å². The quantitative estimate of drug-likeness (QED) is 0.870. The highest BCUT2D eigenvalue weighted by Crippen LogP contribution is 2.38. The fourth-order valence-electron chi connectivity index (χ4n) is 2.24. The predicted octanol–water partition coefficient (Wildman–Crippen LogP) is 3.27. The summed E-state index contributed by atoms with van der Waals surface area (Å²) in [7, 11) is 1.70. The highest BCUT2D eigenvalue weighted by atomic mass is 16.5. The number of hydrogen-bond donors (Lipinski definition) is 2. The van der Waals surface area contributed by atoms with Gasteiger partial charge in [0.15, 0.2) is 0 Å². The van der Waals surface area contributed by atoms with E-state index < -0.39 is 0 Å². The Bertz CT molecular complexity index is 594. The molecule has 2 aromatic rings. The van der Waals surface area contributed by atoms with Gasteiger partial charge in [-0.25, -0.2) is 0 Å². The summed E-state index contributed by atoms with van der Waals surface area (Å²) in [6, 6.07) is 4.21. The zero-order valence-electron chi connectivity index (χ0n) is 12.2. The van der Waals surface area contributed by atoms with Gasteiger partial charge in [-0.1, -0.05) is 26.8 Å². The van der Waals surface area contributed by atoms with Crippen molar-refractivity contribution in [2.24, 2.45) is 0 Å². The number of rotatable bonds is 2. The van der Waals surface area contributed by atoms with Crippen molar-refractivity contribution in [1.82, 2.24) is 10.2 Å². The van der Waals surface area contributed by atoms with Gasteiger partial charge < -0.3 is 10.5 Å². The second-order valence-corrected chi connectivity index (χ2v) is 5.81. The number of anilines is 1. The van der Waals surface area contributed by atoms with Crippen LogP contribution in [-0.2, 0) is 5.41 Å². The molecule has 0 aliphatic rings. The molecule has 0 bridgehead atoms. The second kappa shape index (κ2) is 4.61. The first-order valence-electron chi connectivity index (χ1n) is 6.33. The Hall–Kier alpha value is -1.97. The van der Waals surface area contributed by atoms with Gasteiger partial charge in [0.2, 0.25) is 0 Å². The number of aromatic nitrogens is 2. The van der Waals surface area contributed by atoms with E-state index >= 15 is 0 Å². The molecule has 1 heterocycles. The van der Waals surface area contributed by atoms with Crippen LogP contribution in [0.25, 0.3) is 11.1 Å². The summed E-state index contributed by atoms with van der Waals surface area (Å²) in [5, 5.41) is 6.74. The lowest BCUT2D eigenvalue weighted by atomic mass is 9.84. The number of methoxy groups -OCH3 is 1. The van der Waals surface area contributed by atoms with E-state index in [1.807, 2.05) is 6.07 Å². The van der Waals surface area contributed by atoms with E-state index in [1.54, 1.807) is 13.3 Å². The number of aryl methyl sites for hydroxylation is 1. The molecule has 4 heteroatoms. The Labute approximate surface area is 114 Å². The maximum atomic E-state index is 5.90. The monoisotopic (exact) mass is 259 g/mol. The van der Waals surface area contributed by atoms with Gasteiger partial charge in [0.1, 0.15) is 11.6 Å². The van der Waals surface area contributed by atoms with Crippen LogP contribution >= 0.6 is 0 Å². The average molecular weight is 259 g/mol. The van der Waals surface area contributed by atoms with Crippen molar-refractivity contribution < 1.29 is 4.74 Å². The van der Waals surface area contributed by atoms with Gasteiger partial charge in [-0.2, -0.15) is 5.10 Å². The Balaban J connectivity index is 2.64. The van der Waals surface area contributed by atoms with E-state index in [-0.39, 0.29) is 5.41 Å². The van der Waals surface area contributed by atoms with Gasteiger partial charge in [-0.05, 0) is 35.1 Å². The summed E-state index contributed by atoms with van der Waals surface area (Å²) in [5.41, 5.74) is 10.3. The lowest BCUT2D eigenvalue weighted by Gasteiger charge is -2.24. The second-order valence-electron chi connectivity index (χ2n) is 5.81. The van der Waals surface area contributed by atoms with Crippen molar-refractivity contribution in [2.45, 2.75) is 33.1 Å². The number of H-pyrrole nitrogens is 1. The number of ether oxygens (including phenoxy) is 1. The van der Waals surface area contributed by atoms with Crippen LogP contribution in [-0.4, -0.2) is 17.3 Å². The Morgan fingerprint density at radius 3 is 2.37 bits per heavy atom. The van der Waals surface area contributed by atoms with Crippen LogP contribution in [0.1, 0.15) is 31.9 Å². The zero-order valence-corrected chi connectivity index (χ0v) is 12.2. The summed E-state index contributed by atoms with van der Waals surface area (Å²) >= 11 is 0. The van der Waals surface area contributed by atoms with E-state index in [0.717, 1.165) is 16.9 Å². The number of aromatic amines is 1. The lowest BCUT2D eigenvalue weighted by Crippen LogP contribution is -2.13. The highest BCUT2D eigenvalue weighted by molar-refractivity contribution is 5.77. The maximum absolute atomic E-state index is 5.90. The highest BCUT2D eigenvalue weighted by Gasteiger charge is 2.21. The molecular weight excluding hydrogens is 238 g/mol. The molecule has 0 atom stereocenters. The Kier molecular flexibility index (Phi) is 3.27. The van der Waals surface area contributed by atoms with Crippen LogP contribution in [0, 0.1) is 6.92 Å². The van der Waals surface area contributed by atoms with Crippen LogP contribution in [0.5, 0.6) is 5.75 Å². The van der Waals surface area contributed by atoms with Crippen molar-refractivity contribution >= 4 is 5.82 Å². The molecule has 0 saturated heterocycles. The van der Waals surface area contributed by atoms with Crippen molar-refractivity contribution in [3.63, 3.8) is 0 Å². The van der Waals surface area contributed by atoms with E-state index in [4.69, 9.17) is 10.5 Å². The van der Waals surface area contributed by atoms with Crippen LogP contribution in [0.2, 0.25) is 0 Å². The molecule has 0 unspecified atom stereocenters. The number of nitrogens with zero attached hydrogens (tertiary/aromatic N) is 1. The van der Waals surface area contributed by atoms with Gasteiger partial charge in [0.05, 0.1) is 13.3 Å². The van der Waals surface area contributed by atoms with Gasteiger partial charge >= 0.3 is 0 Å². The number of hydrogen-bond acceptors (Lipinski definition) is 3. The molecule has 0 radical (unpaired) electrons. The molecule has 0 aliphatic heterocycles. The van der Waals surface area contributed by atoms with Crippen molar-refractivity contribution in [3.05, 3.63) is 29.5 Å². The molecule has 0 amide bonds. The molecule has 0 saturated carbocycles. The Morgan fingerprint density at radius 1 is 1.21 bits per heavy atom. The van der Waals surface area contributed by atoms with Crippen LogP contribution in [0.4, 0.5) is 5.82 Å². The minimum Gasteiger partial charge on any atom is -0.496 e. The van der Waals surface area contributed by atoms with E-state index in [9.17, 15) is 0 Å². The van der Waals surface area contributed by atoms with Gasteiger partial charge in [-0.15, -0.1) is 0 Å². The number of nitrogens with two attached hydrogens (primary N) is 1. The van der Waals surface area contributed by atoms with E-state index in [1.165, 1.54) is 11.1 Å². The summed E-state index contributed by atoms with van der Waals surface area (Å²) in [4.78, 5) is 0. The molecule has 102 valence electrons. The zero-order chi connectivity index (χ0) is 14.2. The third-order valence-electron chi connectivity index (χ3n) is 3.31. The first-order chi connectivity index (χ1) is 8.84. The maximum Gasteiger partial charge on any atom is 0.126 e. The SMILES string of the molecule is COc1cc(-c2cn[nH]c2N)c(C)cc1C(C)(C)C. The number of nitrogen functional groups attached to an aromatic ring is 1. The summed E-state index contributed by atoms with van der Waals surface area (Å²) < 4.78 is 5.53. The largest absolute Gasteiger partial charge is 0.496 e. The van der Waals surface area contributed by atoms with Crippen LogP contribution < -0.4 is 10.5 Å². The summed E-state index contributed by atoms with van der Waals surface area (Å²) in [6.07, 6.45) is 1.74. The minimum atomic E-state index is 0.0383. The molecule has 1 aromatic heterocycles. The standard InChI is InChI=1S/C15H21N3O/c1-9-6-12(15(2,3)4)13(19-5)7-10(9)11-8-17-18-14(11)16/h6-8H,1-5H3,(H3,16,17,18). The van der Waals surface area contributed by atoms with Gasteiger partial charge in [0, 0.05) is 5.56 Å². The molecule has 0 spiro atoms. The first-order valence-corrected chi connectivity index (χ1v) is 6.33. The summed E-state index contributed by atoms with van der Waals surface area (Å²) in [5.74, 6) is 1.46. The third-order valence-corrected chi connectivity index (χ3v) is 3.31. The van der Waals surface area contributed by atoms with E-state index in [2.05, 4.69) is 44.0 Å². The first kappa shape index (κ1) is 13.5. The fraction of sp³-hybridized carbons (Fsp3) is 0.400. The van der Waals surface area contributed by atoms with Crippen molar-refractivity contribution in [1.29, 1.82) is 0 Å². The van der Waals surface area contributed by atoms with Gasteiger partial charge in [-0.3, -0.25) is 5.10 Å². The number of nitrogens with one attached hydrogen (secondary N) is 1. The number of benzene rings is 1. The van der Waals surface area contributed by atoms with Crippen molar-refractivity contribution in [2.75, 3.05) is 12.8 Å². The van der Waals surface area contributed by atoms with Crippen molar-refractivity contribution in [3.8, 4) is 16.9 Å². The normalized spacial score (nSPS) is 11.6. The average Bonchev–Trinajstić information content (AvgIpc) is 2.74. The molecule has 3 N–H and O–H groups in total. The molecule has 0 fully saturated rings. The molecule has 4 nitrogen and oxygen atoms in total. The topological polar surface area (TPSA) is 63.9 Å². The van der Waals surface area contributed by atoms with Crippen LogP contribution in [0.3, 0.4) is 0 Å². The molecule has 19 heavy (non-hydrogen) atoms. The molecular formula is C15H21N3O. The fourth-order valence-corrected chi connectivity index (χ4v) is 2.24.